The van der Waals surface area contributed by atoms with Crippen LogP contribution in [0.15, 0.2) is 182 Å². The van der Waals surface area contributed by atoms with Gasteiger partial charge in [-0.05, 0) is 34.4 Å². The van der Waals surface area contributed by atoms with E-state index < -0.39 is 7.14 Å². The fourth-order valence-corrected chi connectivity index (χ4v) is 9.16. The zero-order chi connectivity index (χ0) is 30.9. The summed E-state index contributed by atoms with van der Waals surface area (Å²) in [6.45, 7) is 0. The molecule has 0 N–H and O–H groups in total. The molecule has 1 heterocycles. The molecule has 0 bridgehead atoms. The van der Waals surface area contributed by atoms with E-state index in [0.717, 1.165) is 60.2 Å². The highest BCUT2D eigenvalue weighted by Crippen LogP contribution is 2.43. The van der Waals surface area contributed by atoms with Gasteiger partial charge in [-0.15, -0.1) is 0 Å². The first-order valence-electron chi connectivity index (χ1n) is 15.5. The molecule has 3 heteroatoms. The molecule has 7 aromatic carbocycles. The van der Waals surface area contributed by atoms with Crippen LogP contribution in [0.1, 0.15) is 0 Å². The normalized spacial score (nSPS) is 11.6. The van der Waals surface area contributed by atoms with Gasteiger partial charge in [0.1, 0.15) is 0 Å². The Bertz CT molecular complexity index is 2320. The number of rotatable bonds is 6. The van der Waals surface area contributed by atoms with Crippen LogP contribution >= 0.6 is 7.14 Å². The molecule has 0 spiro atoms. The lowest BCUT2D eigenvalue weighted by Gasteiger charge is -2.20. The van der Waals surface area contributed by atoms with E-state index >= 15 is 0 Å². The minimum atomic E-state index is -3.03. The Hall–Kier alpha value is -5.56. The molecular formula is C43H30NOP. The van der Waals surface area contributed by atoms with Gasteiger partial charge >= 0.3 is 0 Å². The summed E-state index contributed by atoms with van der Waals surface area (Å²) in [6.07, 6.45) is 0. The highest BCUT2D eigenvalue weighted by Gasteiger charge is 2.29. The zero-order valence-electron chi connectivity index (χ0n) is 25.1. The van der Waals surface area contributed by atoms with Crippen molar-refractivity contribution in [2.24, 2.45) is 0 Å². The monoisotopic (exact) mass is 607 g/mol. The lowest BCUT2D eigenvalue weighted by molar-refractivity contribution is 0.592. The molecule has 0 aliphatic carbocycles. The number of benzene rings is 7. The van der Waals surface area contributed by atoms with Gasteiger partial charge in [0.15, 0.2) is 7.14 Å². The van der Waals surface area contributed by atoms with Gasteiger partial charge in [0, 0.05) is 37.6 Å². The molecule has 218 valence electrons. The van der Waals surface area contributed by atoms with Crippen LogP contribution in [0.4, 0.5) is 0 Å². The summed E-state index contributed by atoms with van der Waals surface area (Å²) < 4.78 is 14.9. The molecule has 0 aliphatic heterocycles. The topological polar surface area (TPSA) is 30.0 Å². The third kappa shape index (κ3) is 4.85. The summed E-state index contributed by atoms with van der Waals surface area (Å²) in [7, 11) is -3.03. The fourth-order valence-electron chi connectivity index (χ4n) is 6.51. The molecule has 0 aliphatic rings. The molecule has 0 saturated heterocycles. The van der Waals surface area contributed by atoms with E-state index in [4.69, 9.17) is 4.98 Å². The second-order valence-corrected chi connectivity index (χ2v) is 14.2. The number of fused-ring (bicyclic) bond motifs is 3. The van der Waals surface area contributed by atoms with Crippen LogP contribution in [-0.2, 0) is 4.57 Å². The van der Waals surface area contributed by atoms with Gasteiger partial charge in [-0.2, -0.15) is 0 Å². The summed E-state index contributed by atoms with van der Waals surface area (Å²) in [5.74, 6) is 0. The van der Waals surface area contributed by atoms with Gasteiger partial charge in [-0.25, -0.2) is 4.98 Å². The molecule has 1 aromatic heterocycles. The highest BCUT2D eigenvalue weighted by atomic mass is 31.2. The maximum atomic E-state index is 14.9. The van der Waals surface area contributed by atoms with Crippen LogP contribution in [0.2, 0.25) is 0 Å². The molecule has 0 atom stereocenters. The molecule has 0 saturated carbocycles. The summed E-state index contributed by atoms with van der Waals surface area (Å²) in [5.41, 5.74) is 7.57. The van der Waals surface area contributed by atoms with Crippen LogP contribution in [0.25, 0.3) is 55.2 Å². The van der Waals surface area contributed by atoms with E-state index in [1.165, 1.54) is 10.9 Å². The number of pyridine rings is 1. The third-order valence-corrected chi connectivity index (χ3v) is 11.8. The molecule has 0 unspecified atom stereocenters. The van der Waals surface area contributed by atoms with E-state index in [2.05, 4.69) is 103 Å². The third-order valence-electron chi connectivity index (χ3n) is 8.75. The maximum Gasteiger partial charge on any atom is 0.171 e. The van der Waals surface area contributed by atoms with Gasteiger partial charge in [0.25, 0.3) is 0 Å². The average molecular weight is 608 g/mol. The smallest absolute Gasteiger partial charge is 0.171 e. The van der Waals surface area contributed by atoms with Crippen molar-refractivity contribution >= 4 is 44.7 Å². The lowest BCUT2D eigenvalue weighted by atomic mass is 9.91. The number of nitrogens with zero attached hydrogens (tertiary/aromatic N) is 1. The second-order valence-electron chi connectivity index (χ2n) is 11.5. The van der Waals surface area contributed by atoms with Crippen molar-refractivity contribution in [3.05, 3.63) is 182 Å². The standard InChI is InChI=1S/C43H30NOP/c45-46(35-18-6-2-7-19-35,36-20-8-3-9-21-36)37-28-26-31(27-29-37)33-16-12-17-34(30-33)38-23-13-24-40-42(38)39-22-10-11-25-41(39)44-43(40)32-14-4-1-5-15-32/h1-30H. The Balaban J connectivity index is 1.25. The van der Waals surface area contributed by atoms with Crippen molar-refractivity contribution in [3.63, 3.8) is 0 Å². The van der Waals surface area contributed by atoms with E-state index in [0.29, 0.717) is 0 Å². The summed E-state index contributed by atoms with van der Waals surface area (Å²) in [4.78, 5) is 5.12. The van der Waals surface area contributed by atoms with E-state index in [1.807, 2.05) is 78.9 Å². The van der Waals surface area contributed by atoms with Crippen LogP contribution in [-0.4, -0.2) is 4.98 Å². The zero-order valence-corrected chi connectivity index (χ0v) is 26.0. The van der Waals surface area contributed by atoms with Crippen molar-refractivity contribution in [3.8, 4) is 33.5 Å². The van der Waals surface area contributed by atoms with Gasteiger partial charge < -0.3 is 4.57 Å². The summed E-state index contributed by atoms with van der Waals surface area (Å²) in [5, 5.41) is 5.97. The first-order valence-corrected chi connectivity index (χ1v) is 17.2. The quantitative estimate of drug-likeness (QED) is 0.139. The van der Waals surface area contributed by atoms with Crippen molar-refractivity contribution < 1.29 is 4.57 Å². The predicted molar refractivity (Wildman–Crippen MR) is 195 cm³/mol. The Labute approximate surface area is 269 Å². The number of para-hydroxylation sites is 1. The van der Waals surface area contributed by atoms with Gasteiger partial charge in [0.2, 0.25) is 0 Å². The van der Waals surface area contributed by atoms with Gasteiger partial charge in [-0.3, -0.25) is 0 Å². The van der Waals surface area contributed by atoms with Crippen LogP contribution in [0.5, 0.6) is 0 Å². The molecule has 8 aromatic rings. The Morgan fingerprint density at radius 1 is 0.391 bits per heavy atom. The highest BCUT2D eigenvalue weighted by molar-refractivity contribution is 7.85. The number of hydrogen-bond donors (Lipinski definition) is 0. The Morgan fingerprint density at radius 3 is 1.61 bits per heavy atom. The van der Waals surface area contributed by atoms with Crippen molar-refractivity contribution in [1.29, 1.82) is 0 Å². The average Bonchev–Trinajstić information content (AvgIpc) is 3.15. The van der Waals surface area contributed by atoms with Gasteiger partial charge in [0.05, 0.1) is 11.2 Å². The molecule has 0 radical (unpaired) electrons. The van der Waals surface area contributed by atoms with Crippen LogP contribution in [0.3, 0.4) is 0 Å². The van der Waals surface area contributed by atoms with E-state index in [9.17, 15) is 4.57 Å². The van der Waals surface area contributed by atoms with Crippen molar-refractivity contribution in [2.45, 2.75) is 0 Å². The fraction of sp³-hybridized carbons (Fsp3) is 0. The SMILES string of the molecule is O=P(c1ccccc1)(c1ccccc1)c1ccc(-c2cccc(-c3cccc4c(-c5ccccc5)nc5ccccc5c34)c2)cc1. The van der Waals surface area contributed by atoms with E-state index in [1.54, 1.807) is 0 Å². The molecule has 46 heavy (non-hydrogen) atoms. The molecule has 0 amide bonds. The maximum absolute atomic E-state index is 14.9. The van der Waals surface area contributed by atoms with Gasteiger partial charge in [-0.1, -0.05) is 170 Å². The Morgan fingerprint density at radius 2 is 0.913 bits per heavy atom. The van der Waals surface area contributed by atoms with Crippen molar-refractivity contribution in [2.75, 3.05) is 0 Å². The number of aromatic nitrogens is 1. The van der Waals surface area contributed by atoms with Crippen molar-refractivity contribution in [1.82, 2.24) is 4.98 Å². The molecule has 2 nitrogen and oxygen atoms in total. The molecule has 0 fully saturated rings. The van der Waals surface area contributed by atoms with Crippen LogP contribution in [0, 0.1) is 0 Å². The first kappa shape index (κ1) is 28.0. The summed E-state index contributed by atoms with van der Waals surface area (Å²) in [6, 6.07) is 62.0. The lowest BCUT2D eigenvalue weighted by Crippen LogP contribution is -2.24. The molecule has 8 rings (SSSR count). The largest absolute Gasteiger partial charge is 0.309 e. The number of hydrogen-bond acceptors (Lipinski definition) is 2. The van der Waals surface area contributed by atoms with E-state index in [-0.39, 0.29) is 0 Å². The minimum absolute atomic E-state index is 0.825. The Kier molecular flexibility index (Phi) is 7.14. The second kappa shape index (κ2) is 11.7. The first-order chi connectivity index (χ1) is 22.7. The summed E-state index contributed by atoms with van der Waals surface area (Å²) >= 11 is 0. The molecular weight excluding hydrogens is 577 g/mol. The predicted octanol–water partition coefficient (Wildman–Crippen LogP) is 10.0. The minimum Gasteiger partial charge on any atom is -0.309 e. The van der Waals surface area contributed by atoms with Crippen LogP contribution < -0.4 is 15.9 Å².